The summed E-state index contributed by atoms with van der Waals surface area (Å²) < 4.78 is 1.59. The molecule has 17 heavy (non-hydrogen) atoms. The Balaban J connectivity index is 2.65. The minimum atomic E-state index is 0.460. The molecule has 3 nitrogen and oxygen atoms in total. The lowest BCUT2D eigenvalue weighted by Gasteiger charge is -1.99. The maximum atomic E-state index is 6.19. The maximum Gasteiger partial charge on any atom is 0.192 e. The van der Waals surface area contributed by atoms with Crippen molar-refractivity contribution in [2.75, 3.05) is 0 Å². The highest BCUT2D eigenvalue weighted by atomic mass is 127. The van der Waals surface area contributed by atoms with Gasteiger partial charge in [0.25, 0.3) is 0 Å². The molecule has 3 aromatic rings. The predicted octanol–water partition coefficient (Wildman–Crippen LogP) is 4.46. The zero-order valence-electron chi connectivity index (χ0n) is 8.46. The number of rotatable bonds is 0. The molecule has 0 aliphatic heterocycles. The molecule has 0 radical (unpaired) electrons. The van der Waals surface area contributed by atoms with Crippen LogP contribution in [0.25, 0.3) is 20.3 Å². The van der Waals surface area contributed by atoms with Crippen molar-refractivity contribution in [1.82, 2.24) is 15.0 Å². The quantitative estimate of drug-likeness (QED) is 0.320. The summed E-state index contributed by atoms with van der Waals surface area (Å²) in [6.07, 6.45) is 1.57. The van der Waals surface area contributed by atoms with Gasteiger partial charge in [-0.1, -0.05) is 23.2 Å². The highest BCUT2D eigenvalue weighted by molar-refractivity contribution is 14.1. The molecule has 0 fully saturated rings. The van der Waals surface area contributed by atoms with E-state index >= 15 is 0 Å². The highest BCUT2D eigenvalue weighted by Crippen LogP contribution is 2.40. The van der Waals surface area contributed by atoms with Crippen LogP contribution in [0.5, 0.6) is 0 Å². The number of aryl methyl sites for hydroxylation is 1. The molecule has 0 saturated heterocycles. The van der Waals surface area contributed by atoms with Crippen molar-refractivity contribution in [1.29, 1.82) is 0 Å². The first kappa shape index (κ1) is 11.8. The van der Waals surface area contributed by atoms with Gasteiger partial charge in [0, 0.05) is 39.6 Å². The molecule has 0 aliphatic rings. The van der Waals surface area contributed by atoms with E-state index in [0.29, 0.717) is 10.2 Å². The van der Waals surface area contributed by atoms with Crippen molar-refractivity contribution in [2.45, 2.75) is 6.92 Å². The second kappa shape index (κ2) is 4.15. The summed E-state index contributed by atoms with van der Waals surface area (Å²) in [5.41, 5.74) is 0.912. The molecule has 0 saturated carbocycles. The van der Waals surface area contributed by atoms with E-state index in [1.807, 2.05) is 6.92 Å². The van der Waals surface area contributed by atoms with E-state index in [1.54, 1.807) is 6.20 Å². The lowest BCUT2D eigenvalue weighted by atomic mass is 10.2. The third-order valence-corrected chi connectivity index (χ3v) is 4.68. The Bertz CT molecular complexity index is 756. The van der Waals surface area contributed by atoms with Crippen molar-refractivity contribution in [3.63, 3.8) is 0 Å². The fourth-order valence-corrected chi connectivity index (χ4v) is 4.19. The van der Waals surface area contributed by atoms with Gasteiger partial charge in [0.1, 0.15) is 9.98 Å². The third kappa shape index (κ3) is 1.80. The van der Waals surface area contributed by atoms with Gasteiger partial charge in [0.05, 0.1) is 15.4 Å². The second-order valence-electron chi connectivity index (χ2n) is 3.46. The number of nitrogens with zero attached hydrogens (tertiary/aromatic N) is 3. The van der Waals surface area contributed by atoms with Gasteiger partial charge in [0.2, 0.25) is 0 Å². The molecule has 7 heteroatoms. The van der Waals surface area contributed by atoms with Crippen LogP contribution in [0, 0.1) is 10.8 Å². The van der Waals surface area contributed by atoms with Crippen LogP contribution < -0.4 is 0 Å². The van der Waals surface area contributed by atoms with Crippen LogP contribution in [0.3, 0.4) is 0 Å². The first-order valence-corrected chi connectivity index (χ1v) is 7.29. The molecular formula is C10H4Cl2IN3S. The molecular weight excluding hydrogens is 392 g/mol. The molecule has 0 N–H and O–H groups in total. The molecule has 0 aliphatic carbocycles. The van der Waals surface area contributed by atoms with Gasteiger partial charge in [-0.15, -0.1) is 11.3 Å². The normalized spacial score (nSPS) is 11.5. The molecule has 0 spiro atoms. The Morgan fingerprint density at radius 2 is 2.00 bits per heavy atom. The first-order valence-electron chi connectivity index (χ1n) is 4.64. The van der Waals surface area contributed by atoms with Crippen LogP contribution in [-0.2, 0) is 0 Å². The average molecular weight is 396 g/mol. The first-order chi connectivity index (χ1) is 8.08. The van der Waals surface area contributed by atoms with E-state index in [9.17, 15) is 0 Å². The standard InChI is InChI=1S/C10H4Cl2IN3S/c1-3-5-6-4(11)2-14-8(12)7(6)17-9(5)16-10(13)15-3/h2H,1H3. The van der Waals surface area contributed by atoms with Crippen LogP contribution in [-0.4, -0.2) is 15.0 Å². The van der Waals surface area contributed by atoms with E-state index in [0.717, 1.165) is 29.8 Å². The number of fused-ring (bicyclic) bond motifs is 3. The van der Waals surface area contributed by atoms with Crippen LogP contribution in [0.4, 0.5) is 0 Å². The van der Waals surface area contributed by atoms with Crippen molar-refractivity contribution >= 4 is 77.4 Å². The van der Waals surface area contributed by atoms with E-state index in [-0.39, 0.29) is 0 Å². The zero-order valence-corrected chi connectivity index (χ0v) is 12.9. The number of hydrogen-bond donors (Lipinski definition) is 0. The molecule has 3 aromatic heterocycles. The summed E-state index contributed by atoms with van der Waals surface area (Å²) >= 11 is 15.9. The van der Waals surface area contributed by atoms with E-state index in [4.69, 9.17) is 23.2 Å². The fourth-order valence-electron chi connectivity index (χ4n) is 1.75. The molecule has 86 valence electrons. The zero-order chi connectivity index (χ0) is 12.2. The molecule has 3 heterocycles. The summed E-state index contributed by atoms with van der Waals surface area (Å²) in [6, 6.07) is 0. The molecule has 0 bridgehead atoms. The van der Waals surface area contributed by atoms with Gasteiger partial charge in [-0.05, 0) is 6.92 Å². The highest BCUT2D eigenvalue weighted by Gasteiger charge is 2.16. The molecule has 0 unspecified atom stereocenters. The van der Waals surface area contributed by atoms with Crippen molar-refractivity contribution in [3.8, 4) is 0 Å². The lowest BCUT2D eigenvalue weighted by molar-refractivity contribution is 1.11. The fraction of sp³-hybridized carbons (Fsp3) is 0.100. The monoisotopic (exact) mass is 395 g/mol. The van der Waals surface area contributed by atoms with Crippen molar-refractivity contribution in [2.24, 2.45) is 0 Å². The van der Waals surface area contributed by atoms with Gasteiger partial charge in [-0.3, -0.25) is 0 Å². The predicted molar refractivity (Wildman–Crippen MR) is 80.2 cm³/mol. The minimum absolute atomic E-state index is 0.460. The Kier molecular flexibility index (Phi) is 2.89. The third-order valence-electron chi connectivity index (χ3n) is 2.42. The number of halogens is 3. The topological polar surface area (TPSA) is 38.7 Å². The molecule has 0 aromatic carbocycles. The second-order valence-corrected chi connectivity index (χ2v) is 6.19. The van der Waals surface area contributed by atoms with E-state index in [2.05, 4.69) is 37.5 Å². The Labute approximate surface area is 124 Å². The average Bonchev–Trinajstić information content (AvgIpc) is 2.64. The van der Waals surface area contributed by atoms with Gasteiger partial charge in [-0.2, -0.15) is 0 Å². The smallest absolute Gasteiger partial charge is 0.192 e. The molecule has 0 amide bonds. The van der Waals surface area contributed by atoms with Gasteiger partial charge in [-0.25, -0.2) is 15.0 Å². The number of hydrogen-bond acceptors (Lipinski definition) is 4. The summed E-state index contributed by atoms with van der Waals surface area (Å²) in [5.74, 6) is 0. The number of pyridine rings is 1. The summed E-state index contributed by atoms with van der Waals surface area (Å²) in [5, 5.41) is 2.92. The Hall–Kier alpha value is -0.240. The van der Waals surface area contributed by atoms with Crippen molar-refractivity contribution < 1.29 is 0 Å². The van der Waals surface area contributed by atoms with E-state index in [1.165, 1.54) is 11.3 Å². The summed E-state index contributed by atoms with van der Waals surface area (Å²) in [7, 11) is 0. The van der Waals surface area contributed by atoms with Crippen molar-refractivity contribution in [3.05, 3.63) is 25.9 Å². The largest absolute Gasteiger partial charge is 0.241 e. The Morgan fingerprint density at radius 3 is 2.76 bits per heavy atom. The summed E-state index contributed by atoms with van der Waals surface area (Å²) in [6.45, 7) is 1.95. The molecule has 0 atom stereocenters. The van der Waals surface area contributed by atoms with Crippen LogP contribution in [0.1, 0.15) is 5.69 Å². The number of aromatic nitrogens is 3. The maximum absolute atomic E-state index is 6.19. The van der Waals surface area contributed by atoms with Gasteiger partial charge < -0.3 is 0 Å². The van der Waals surface area contributed by atoms with Gasteiger partial charge in [0.15, 0.2) is 3.83 Å². The van der Waals surface area contributed by atoms with E-state index < -0.39 is 0 Å². The molecule has 3 rings (SSSR count). The lowest BCUT2D eigenvalue weighted by Crippen LogP contribution is -1.90. The SMILES string of the molecule is Cc1nc(I)nc2sc3c(Cl)ncc(Cl)c3c12. The Morgan fingerprint density at radius 1 is 1.24 bits per heavy atom. The minimum Gasteiger partial charge on any atom is -0.241 e. The van der Waals surface area contributed by atoms with Crippen LogP contribution in [0.15, 0.2) is 6.20 Å². The summed E-state index contributed by atoms with van der Waals surface area (Å²) in [4.78, 5) is 13.7. The van der Waals surface area contributed by atoms with Crippen LogP contribution >= 0.6 is 57.1 Å². The number of thiophene rings is 1. The van der Waals surface area contributed by atoms with Crippen LogP contribution in [0.2, 0.25) is 10.2 Å². The van der Waals surface area contributed by atoms with Gasteiger partial charge >= 0.3 is 0 Å².